The van der Waals surface area contributed by atoms with Gasteiger partial charge in [0.2, 0.25) is 0 Å². The standard InChI is InChI=1S/C26H32N8O4/c27-22(28)18-1-3-19(4-2-18)23(35)32-9-11-33(12-10-32)24(36)20-13-17(14-21(15-20)25(37)38)16-31-5-7-34(8-6-31)26(29)30/h1-4,13-15H,5-12,16H2,(H3,27,28)(H3,29,30)(H,37,38). The molecule has 38 heavy (non-hydrogen) atoms. The molecule has 0 unspecified atom stereocenters. The van der Waals surface area contributed by atoms with Gasteiger partial charge in [-0.15, -0.1) is 0 Å². The summed E-state index contributed by atoms with van der Waals surface area (Å²) in [4.78, 5) is 45.2. The maximum atomic E-state index is 13.3. The van der Waals surface area contributed by atoms with Crippen LogP contribution in [0, 0.1) is 10.8 Å². The lowest BCUT2D eigenvalue weighted by molar-refractivity contribution is 0.0535. The SMILES string of the molecule is N=C(N)c1ccc(C(=O)N2CCN(C(=O)c3cc(CN4CCN(C(=N)N)CC4)cc(C(=O)O)c3)CC2)cc1. The van der Waals surface area contributed by atoms with Crippen molar-refractivity contribution in [1.29, 1.82) is 10.8 Å². The first-order valence-corrected chi connectivity index (χ1v) is 12.3. The molecule has 7 N–H and O–H groups in total. The number of hydrogen-bond donors (Lipinski definition) is 5. The van der Waals surface area contributed by atoms with Crippen molar-refractivity contribution >= 4 is 29.6 Å². The Balaban J connectivity index is 1.40. The molecule has 0 aliphatic carbocycles. The summed E-state index contributed by atoms with van der Waals surface area (Å²) in [5, 5.41) is 24.7. The second-order valence-electron chi connectivity index (χ2n) is 9.45. The molecule has 2 aromatic carbocycles. The molecular weight excluding hydrogens is 488 g/mol. The highest BCUT2D eigenvalue weighted by Crippen LogP contribution is 2.18. The summed E-state index contributed by atoms with van der Waals surface area (Å²) in [6.45, 7) is 4.42. The van der Waals surface area contributed by atoms with E-state index in [1.54, 1.807) is 51.1 Å². The maximum absolute atomic E-state index is 13.3. The summed E-state index contributed by atoms with van der Waals surface area (Å²) in [7, 11) is 0. The predicted octanol–water partition coefficient (Wildman–Crippen LogP) is 0.278. The van der Waals surface area contributed by atoms with Crippen LogP contribution in [0.4, 0.5) is 0 Å². The van der Waals surface area contributed by atoms with E-state index in [1.165, 1.54) is 6.07 Å². The molecule has 0 atom stereocenters. The van der Waals surface area contributed by atoms with Gasteiger partial charge in [0, 0.05) is 75.6 Å². The number of amides is 2. The Bertz CT molecular complexity index is 1250. The zero-order valence-corrected chi connectivity index (χ0v) is 21.0. The van der Waals surface area contributed by atoms with E-state index >= 15 is 0 Å². The van der Waals surface area contributed by atoms with Crippen LogP contribution in [-0.2, 0) is 6.54 Å². The number of carboxylic acids is 1. The molecule has 2 fully saturated rings. The van der Waals surface area contributed by atoms with Gasteiger partial charge >= 0.3 is 5.97 Å². The van der Waals surface area contributed by atoms with E-state index < -0.39 is 5.97 Å². The first-order chi connectivity index (χ1) is 18.1. The Hall–Kier alpha value is -4.45. The zero-order valence-electron chi connectivity index (χ0n) is 21.0. The number of nitrogens with two attached hydrogens (primary N) is 2. The Kier molecular flexibility index (Phi) is 7.91. The fourth-order valence-corrected chi connectivity index (χ4v) is 4.71. The highest BCUT2D eigenvalue weighted by Gasteiger charge is 2.27. The van der Waals surface area contributed by atoms with E-state index in [2.05, 4.69) is 4.90 Å². The quantitative estimate of drug-likeness (QED) is 0.266. The molecule has 2 aliphatic heterocycles. The molecular formula is C26H32N8O4. The van der Waals surface area contributed by atoms with Gasteiger partial charge in [0.15, 0.2) is 5.96 Å². The maximum Gasteiger partial charge on any atom is 0.335 e. The fourth-order valence-electron chi connectivity index (χ4n) is 4.71. The average molecular weight is 521 g/mol. The van der Waals surface area contributed by atoms with Crippen molar-refractivity contribution in [2.45, 2.75) is 6.54 Å². The Morgan fingerprint density at radius 3 is 1.66 bits per heavy atom. The molecule has 2 aliphatic rings. The number of nitrogens with zero attached hydrogens (tertiary/aromatic N) is 4. The number of carbonyl (C=O) groups is 3. The van der Waals surface area contributed by atoms with Crippen LogP contribution in [0.2, 0.25) is 0 Å². The van der Waals surface area contributed by atoms with Crippen molar-refractivity contribution < 1.29 is 19.5 Å². The number of guanidine groups is 1. The molecule has 2 aromatic rings. The van der Waals surface area contributed by atoms with E-state index in [9.17, 15) is 19.5 Å². The minimum atomic E-state index is -1.10. The lowest BCUT2D eigenvalue weighted by Gasteiger charge is -2.35. The van der Waals surface area contributed by atoms with Crippen molar-refractivity contribution in [3.63, 3.8) is 0 Å². The number of carboxylic acid groups (broad SMARTS) is 1. The minimum absolute atomic E-state index is 0.0399. The second kappa shape index (κ2) is 11.3. The topological polar surface area (TPSA) is 184 Å². The van der Waals surface area contributed by atoms with E-state index in [4.69, 9.17) is 22.3 Å². The second-order valence-corrected chi connectivity index (χ2v) is 9.45. The monoisotopic (exact) mass is 520 g/mol. The van der Waals surface area contributed by atoms with Gasteiger partial charge in [0.1, 0.15) is 5.84 Å². The van der Waals surface area contributed by atoms with Gasteiger partial charge in [-0.3, -0.25) is 25.3 Å². The number of carbonyl (C=O) groups excluding carboxylic acids is 2. The lowest BCUT2D eigenvalue weighted by atomic mass is 10.0. The summed E-state index contributed by atoms with van der Waals surface area (Å²) in [5.41, 5.74) is 13.1. The average Bonchev–Trinajstić information content (AvgIpc) is 2.92. The van der Waals surface area contributed by atoms with Crippen molar-refractivity contribution in [3.05, 3.63) is 70.3 Å². The number of nitrogen functional groups attached to an aromatic ring is 1. The molecule has 0 bridgehead atoms. The summed E-state index contributed by atoms with van der Waals surface area (Å²) < 4.78 is 0. The molecule has 12 heteroatoms. The number of benzene rings is 2. The molecule has 2 amide bonds. The van der Waals surface area contributed by atoms with E-state index in [0.717, 1.165) is 5.56 Å². The van der Waals surface area contributed by atoms with Crippen LogP contribution in [0.25, 0.3) is 0 Å². The normalized spacial score (nSPS) is 16.3. The van der Waals surface area contributed by atoms with Crippen LogP contribution in [0.1, 0.15) is 42.2 Å². The van der Waals surface area contributed by atoms with Crippen molar-refractivity contribution in [3.8, 4) is 0 Å². The molecule has 2 saturated heterocycles. The first-order valence-electron chi connectivity index (χ1n) is 12.3. The van der Waals surface area contributed by atoms with Crippen LogP contribution < -0.4 is 11.5 Å². The fraction of sp³-hybridized carbons (Fsp3) is 0.346. The van der Waals surface area contributed by atoms with Crippen LogP contribution in [-0.4, -0.2) is 107 Å². The molecule has 12 nitrogen and oxygen atoms in total. The van der Waals surface area contributed by atoms with Gasteiger partial charge in [-0.25, -0.2) is 4.79 Å². The largest absolute Gasteiger partial charge is 0.478 e. The van der Waals surface area contributed by atoms with E-state index in [-0.39, 0.29) is 29.2 Å². The lowest BCUT2D eigenvalue weighted by Crippen LogP contribution is -2.50. The third kappa shape index (κ3) is 6.09. The number of piperazine rings is 2. The Morgan fingerprint density at radius 1 is 0.684 bits per heavy atom. The molecule has 0 saturated carbocycles. The van der Waals surface area contributed by atoms with Crippen LogP contribution in [0.5, 0.6) is 0 Å². The van der Waals surface area contributed by atoms with Crippen LogP contribution in [0.3, 0.4) is 0 Å². The van der Waals surface area contributed by atoms with Crippen molar-refractivity contribution in [2.24, 2.45) is 11.5 Å². The number of nitrogens with one attached hydrogen (secondary N) is 2. The smallest absolute Gasteiger partial charge is 0.335 e. The van der Waals surface area contributed by atoms with E-state index in [0.29, 0.717) is 75.6 Å². The third-order valence-electron chi connectivity index (χ3n) is 6.90. The first kappa shape index (κ1) is 26.6. The number of hydrogen-bond acceptors (Lipinski definition) is 6. The Morgan fingerprint density at radius 2 is 1.16 bits per heavy atom. The van der Waals surface area contributed by atoms with Gasteiger partial charge < -0.3 is 31.3 Å². The third-order valence-corrected chi connectivity index (χ3v) is 6.90. The van der Waals surface area contributed by atoms with Gasteiger partial charge in [0.05, 0.1) is 5.56 Å². The highest BCUT2D eigenvalue weighted by atomic mass is 16.4. The van der Waals surface area contributed by atoms with E-state index in [1.807, 2.05) is 0 Å². The van der Waals surface area contributed by atoms with Gasteiger partial charge in [0.25, 0.3) is 11.8 Å². The molecule has 0 spiro atoms. The molecule has 2 heterocycles. The summed E-state index contributed by atoms with van der Waals surface area (Å²) >= 11 is 0. The Labute approximate surface area is 220 Å². The molecule has 0 radical (unpaired) electrons. The predicted molar refractivity (Wildman–Crippen MR) is 141 cm³/mol. The van der Waals surface area contributed by atoms with Crippen molar-refractivity contribution in [1.82, 2.24) is 19.6 Å². The summed E-state index contributed by atoms with van der Waals surface area (Å²) in [5.74, 6) is -1.56. The molecule has 0 aromatic heterocycles. The highest BCUT2D eigenvalue weighted by molar-refractivity contribution is 5.99. The summed E-state index contributed by atoms with van der Waals surface area (Å²) in [6, 6.07) is 11.3. The van der Waals surface area contributed by atoms with Crippen molar-refractivity contribution in [2.75, 3.05) is 52.4 Å². The van der Waals surface area contributed by atoms with Crippen LogP contribution in [0.15, 0.2) is 42.5 Å². The minimum Gasteiger partial charge on any atom is -0.478 e. The van der Waals surface area contributed by atoms with Gasteiger partial charge in [-0.2, -0.15) is 0 Å². The zero-order chi connectivity index (χ0) is 27.4. The number of aromatic carboxylic acids is 1. The van der Waals surface area contributed by atoms with Gasteiger partial charge in [-0.1, -0.05) is 12.1 Å². The number of amidine groups is 1. The van der Waals surface area contributed by atoms with Crippen LogP contribution >= 0.6 is 0 Å². The number of rotatable bonds is 6. The van der Waals surface area contributed by atoms with Gasteiger partial charge in [-0.05, 0) is 35.9 Å². The molecule has 200 valence electrons. The summed E-state index contributed by atoms with van der Waals surface area (Å²) in [6.07, 6.45) is 0. The molecule has 4 rings (SSSR count).